The Kier molecular flexibility index (Phi) is 8.89. The number of amides is 1. The maximum Gasteiger partial charge on any atom is 0.417 e. The standard InChI is InChI=1S/C27H28F3N3O4.ClH/c1-14(2)9-22(31)26(36)37-13-17-12-20(24(34)32-17)15-7-8-16-11-23(33-25(35)19(16)10-15)18-5-3-4-6-21(18)27(28,29)30;/h3-8,10-11,14,17,20,22H,9,12-13,31H2,1-2H3,(H,32,34)(H,33,35);1H/t17?,20-,22+;/m1./s1. The van der Waals surface area contributed by atoms with Gasteiger partial charge in [-0.1, -0.05) is 44.2 Å². The number of esters is 1. The Balaban J connectivity index is 0.00000400. The number of hydrogen-bond donors (Lipinski definition) is 3. The summed E-state index contributed by atoms with van der Waals surface area (Å²) in [5, 5.41) is 3.51. The summed E-state index contributed by atoms with van der Waals surface area (Å²) in [6.07, 6.45) is -3.73. The van der Waals surface area contributed by atoms with Gasteiger partial charge in [-0.15, -0.1) is 12.4 Å². The average molecular weight is 552 g/mol. The van der Waals surface area contributed by atoms with Gasteiger partial charge in [0.1, 0.15) is 12.6 Å². The Labute approximate surface area is 223 Å². The predicted octanol–water partition coefficient (Wildman–Crippen LogP) is 4.52. The van der Waals surface area contributed by atoms with Crippen molar-refractivity contribution in [3.05, 3.63) is 70.0 Å². The minimum absolute atomic E-state index is 0. The van der Waals surface area contributed by atoms with Crippen LogP contribution in [0.1, 0.15) is 43.7 Å². The van der Waals surface area contributed by atoms with Crippen molar-refractivity contribution in [3.8, 4) is 11.3 Å². The Hall–Kier alpha value is -3.37. The number of carbonyl (C=O) groups is 2. The summed E-state index contributed by atoms with van der Waals surface area (Å²) in [5.74, 6) is -1.11. The number of halogens is 4. The van der Waals surface area contributed by atoms with Crippen molar-refractivity contribution in [2.75, 3.05) is 6.61 Å². The van der Waals surface area contributed by atoms with E-state index in [9.17, 15) is 27.6 Å². The number of H-pyrrole nitrogens is 1. The molecule has 1 aromatic heterocycles. The zero-order valence-electron chi connectivity index (χ0n) is 20.8. The van der Waals surface area contributed by atoms with E-state index in [2.05, 4.69) is 10.3 Å². The lowest BCUT2D eigenvalue weighted by Gasteiger charge is -2.16. The van der Waals surface area contributed by atoms with Gasteiger partial charge in [-0.25, -0.2) is 0 Å². The predicted molar refractivity (Wildman–Crippen MR) is 140 cm³/mol. The molecule has 1 amide bonds. The minimum atomic E-state index is -4.58. The molecule has 38 heavy (non-hydrogen) atoms. The second-order valence-corrected chi connectivity index (χ2v) is 9.76. The van der Waals surface area contributed by atoms with E-state index in [1.807, 2.05) is 13.8 Å². The first kappa shape index (κ1) is 29.2. The quantitative estimate of drug-likeness (QED) is 0.373. The van der Waals surface area contributed by atoms with Crippen LogP contribution in [0.25, 0.3) is 22.0 Å². The Morgan fingerprint density at radius 1 is 1.13 bits per heavy atom. The second-order valence-electron chi connectivity index (χ2n) is 9.76. The summed E-state index contributed by atoms with van der Waals surface area (Å²) < 4.78 is 45.7. The van der Waals surface area contributed by atoms with Gasteiger partial charge in [-0.05, 0) is 47.9 Å². The third-order valence-corrected chi connectivity index (χ3v) is 6.43. The highest BCUT2D eigenvalue weighted by Gasteiger charge is 2.35. The van der Waals surface area contributed by atoms with Crippen LogP contribution in [0.4, 0.5) is 13.2 Å². The molecular weight excluding hydrogens is 523 g/mol. The van der Waals surface area contributed by atoms with Gasteiger partial charge in [-0.3, -0.25) is 14.4 Å². The maximum absolute atomic E-state index is 13.5. The summed E-state index contributed by atoms with van der Waals surface area (Å²) in [6.45, 7) is 3.89. The number of rotatable bonds is 7. The van der Waals surface area contributed by atoms with Crippen LogP contribution in [0.15, 0.2) is 53.3 Å². The topological polar surface area (TPSA) is 114 Å². The van der Waals surface area contributed by atoms with Gasteiger partial charge >= 0.3 is 12.1 Å². The first-order chi connectivity index (χ1) is 17.4. The molecule has 4 rings (SSSR count). The molecule has 1 aliphatic rings. The molecule has 1 fully saturated rings. The summed E-state index contributed by atoms with van der Waals surface area (Å²) in [4.78, 5) is 40.1. The Morgan fingerprint density at radius 3 is 2.53 bits per heavy atom. The molecule has 2 heterocycles. The number of alkyl halides is 3. The van der Waals surface area contributed by atoms with Gasteiger partial charge in [0, 0.05) is 16.6 Å². The van der Waals surface area contributed by atoms with Crippen LogP contribution in [0, 0.1) is 5.92 Å². The molecule has 0 radical (unpaired) electrons. The molecule has 1 saturated heterocycles. The van der Waals surface area contributed by atoms with Crippen LogP contribution in [0.5, 0.6) is 0 Å². The highest BCUT2D eigenvalue weighted by atomic mass is 35.5. The van der Waals surface area contributed by atoms with Gasteiger partial charge < -0.3 is 20.8 Å². The number of nitrogens with two attached hydrogens (primary N) is 1. The molecule has 2 aromatic carbocycles. The highest BCUT2D eigenvalue weighted by Crippen LogP contribution is 2.37. The van der Waals surface area contributed by atoms with Gasteiger partial charge in [0.15, 0.2) is 0 Å². The number of fused-ring (bicyclic) bond motifs is 1. The van der Waals surface area contributed by atoms with Gasteiger partial charge in [0.05, 0.1) is 17.5 Å². The number of carbonyl (C=O) groups excluding carboxylic acids is 2. The van der Waals surface area contributed by atoms with Crippen LogP contribution in [-0.2, 0) is 20.5 Å². The lowest BCUT2D eigenvalue weighted by molar-refractivity contribution is -0.146. The molecule has 0 aliphatic carbocycles. The van der Waals surface area contributed by atoms with E-state index < -0.39 is 41.3 Å². The van der Waals surface area contributed by atoms with E-state index in [4.69, 9.17) is 10.5 Å². The van der Waals surface area contributed by atoms with E-state index >= 15 is 0 Å². The van der Waals surface area contributed by atoms with Crippen molar-refractivity contribution in [2.45, 2.75) is 50.9 Å². The fraction of sp³-hybridized carbons (Fsp3) is 0.370. The largest absolute Gasteiger partial charge is 0.462 e. The molecular formula is C27H29ClF3N3O4. The molecule has 1 aliphatic heterocycles. The molecule has 1 unspecified atom stereocenters. The Bertz CT molecular complexity index is 1390. The van der Waals surface area contributed by atoms with Crippen molar-refractivity contribution in [1.29, 1.82) is 0 Å². The smallest absolute Gasteiger partial charge is 0.417 e. The number of hydrogen-bond acceptors (Lipinski definition) is 5. The van der Waals surface area contributed by atoms with Crippen molar-refractivity contribution in [1.82, 2.24) is 10.3 Å². The number of pyridine rings is 1. The molecule has 0 spiro atoms. The van der Waals surface area contributed by atoms with Gasteiger partial charge in [-0.2, -0.15) is 13.2 Å². The highest BCUT2D eigenvalue weighted by molar-refractivity contribution is 5.90. The third kappa shape index (κ3) is 6.36. The Morgan fingerprint density at radius 2 is 1.84 bits per heavy atom. The number of ether oxygens (including phenoxy) is 1. The van der Waals surface area contributed by atoms with Crippen molar-refractivity contribution in [3.63, 3.8) is 0 Å². The summed E-state index contributed by atoms with van der Waals surface area (Å²) >= 11 is 0. The average Bonchev–Trinajstić information content (AvgIpc) is 3.21. The first-order valence-electron chi connectivity index (χ1n) is 12.0. The monoisotopic (exact) mass is 551 g/mol. The van der Waals surface area contributed by atoms with Gasteiger partial charge in [0.25, 0.3) is 5.56 Å². The zero-order chi connectivity index (χ0) is 26.9. The van der Waals surface area contributed by atoms with E-state index in [0.29, 0.717) is 23.8 Å². The number of aromatic nitrogens is 1. The molecule has 4 N–H and O–H groups in total. The van der Waals surface area contributed by atoms with Crippen molar-refractivity contribution >= 4 is 35.1 Å². The van der Waals surface area contributed by atoms with Crippen molar-refractivity contribution in [2.24, 2.45) is 11.7 Å². The van der Waals surface area contributed by atoms with Crippen LogP contribution in [-0.4, -0.2) is 35.6 Å². The number of nitrogens with one attached hydrogen (secondary N) is 2. The fourth-order valence-electron chi connectivity index (χ4n) is 4.65. The molecule has 7 nitrogen and oxygen atoms in total. The normalized spacial score (nSPS) is 18.2. The van der Waals surface area contributed by atoms with E-state index in [0.717, 1.165) is 6.07 Å². The second kappa shape index (κ2) is 11.6. The molecule has 0 saturated carbocycles. The van der Waals surface area contributed by atoms with Crippen LogP contribution < -0.4 is 16.6 Å². The van der Waals surface area contributed by atoms with Crippen LogP contribution >= 0.6 is 12.4 Å². The molecule has 11 heteroatoms. The zero-order valence-corrected chi connectivity index (χ0v) is 21.6. The van der Waals surface area contributed by atoms with E-state index in [-0.39, 0.29) is 47.5 Å². The first-order valence-corrected chi connectivity index (χ1v) is 12.0. The molecule has 0 bridgehead atoms. The number of aromatic amines is 1. The van der Waals surface area contributed by atoms with Gasteiger partial charge in [0.2, 0.25) is 5.91 Å². The third-order valence-electron chi connectivity index (χ3n) is 6.43. The van der Waals surface area contributed by atoms with E-state index in [1.54, 1.807) is 18.2 Å². The van der Waals surface area contributed by atoms with Crippen LogP contribution in [0.3, 0.4) is 0 Å². The summed E-state index contributed by atoms with van der Waals surface area (Å²) in [7, 11) is 0. The number of benzene rings is 2. The van der Waals surface area contributed by atoms with Crippen LogP contribution in [0.2, 0.25) is 0 Å². The minimum Gasteiger partial charge on any atom is -0.462 e. The SMILES string of the molecule is CC(C)C[C@H](N)C(=O)OCC1C[C@H](c2ccc3cc(-c4ccccc4C(F)(F)F)[nH]c(=O)c3c2)C(=O)N1.Cl. The molecule has 3 atom stereocenters. The molecule has 3 aromatic rings. The lowest BCUT2D eigenvalue weighted by atomic mass is 9.93. The lowest BCUT2D eigenvalue weighted by Crippen LogP contribution is -2.37. The van der Waals surface area contributed by atoms with E-state index in [1.165, 1.54) is 24.3 Å². The fourth-order valence-corrected chi connectivity index (χ4v) is 4.65. The summed E-state index contributed by atoms with van der Waals surface area (Å²) in [5.41, 5.74) is 4.95. The maximum atomic E-state index is 13.5. The van der Waals surface area contributed by atoms with Crippen molar-refractivity contribution < 1.29 is 27.5 Å². The summed E-state index contributed by atoms with van der Waals surface area (Å²) in [6, 6.07) is 10.3. The molecule has 204 valence electrons.